The van der Waals surface area contributed by atoms with E-state index in [2.05, 4.69) is 16.0 Å². The molecule has 4 amide bonds. The molecule has 1 aliphatic rings. The zero-order valence-corrected chi connectivity index (χ0v) is 15.4. The van der Waals surface area contributed by atoms with Crippen molar-refractivity contribution in [3.63, 3.8) is 0 Å². The average Bonchev–Trinajstić information content (AvgIpc) is 2.58. The number of ether oxygens (including phenoxy) is 1. The van der Waals surface area contributed by atoms with Crippen LogP contribution in [-0.2, 0) is 9.59 Å². The molecule has 26 heavy (non-hydrogen) atoms. The smallest absolute Gasteiger partial charge is 0.321 e. The van der Waals surface area contributed by atoms with E-state index in [1.165, 1.54) is 0 Å². The van der Waals surface area contributed by atoms with E-state index in [1.807, 2.05) is 32.9 Å². The predicted octanol–water partition coefficient (Wildman–Crippen LogP) is 1.01. The molecular formula is C18H26N4O4. The molecule has 0 bridgehead atoms. The number of rotatable bonds is 6. The maximum absolute atomic E-state index is 12.3. The lowest BCUT2D eigenvalue weighted by molar-refractivity contribution is -0.128. The molecule has 1 atom stereocenters. The fourth-order valence-electron chi connectivity index (χ4n) is 2.59. The Bertz CT molecular complexity index is 662. The van der Waals surface area contributed by atoms with Gasteiger partial charge in [-0.25, -0.2) is 4.79 Å². The number of nitrogens with one attached hydrogen (secondary N) is 3. The molecule has 1 heterocycles. The van der Waals surface area contributed by atoms with Crippen molar-refractivity contribution in [2.24, 2.45) is 0 Å². The summed E-state index contributed by atoms with van der Waals surface area (Å²) in [7, 11) is 0. The van der Waals surface area contributed by atoms with Gasteiger partial charge >= 0.3 is 6.03 Å². The van der Waals surface area contributed by atoms with Gasteiger partial charge in [-0.05, 0) is 32.4 Å². The Balaban J connectivity index is 2.06. The SMILES string of the molecule is CCCNC(=O)[C@H]1CN(CC(=O)NC(=O)NC(C)C)c2ccccc2O1. The lowest BCUT2D eigenvalue weighted by atomic mass is 10.1. The molecule has 0 fully saturated rings. The van der Waals surface area contributed by atoms with Crippen LogP contribution in [0.4, 0.5) is 10.5 Å². The van der Waals surface area contributed by atoms with E-state index >= 15 is 0 Å². The number of carbonyl (C=O) groups is 3. The van der Waals surface area contributed by atoms with Gasteiger partial charge in [-0.3, -0.25) is 14.9 Å². The highest BCUT2D eigenvalue weighted by Crippen LogP contribution is 2.32. The molecule has 0 saturated heterocycles. The van der Waals surface area contributed by atoms with Crippen molar-refractivity contribution in [1.82, 2.24) is 16.0 Å². The van der Waals surface area contributed by atoms with Gasteiger partial charge in [0.15, 0.2) is 6.10 Å². The van der Waals surface area contributed by atoms with Gasteiger partial charge in [0, 0.05) is 12.6 Å². The van der Waals surface area contributed by atoms with Crippen LogP contribution in [0.2, 0.25) is 0 Å². The molecule has 0 radical (unpaired) electrons. The summed E-state index contributed by atoms with van der Waals surface area (Å²) < 4.78 is 5.77. The van der Waals surface area contributed by atoms with Crippen molar-refractivity contribution < 1.29 is 19.1 Å². The average molecular weight is 362 g/mol. The molecule has 0 unspecified atom stereocenters. The highest BCUT2D eigenvalue weighted by atomic mass is 16.5. The van der Waals surface area contributed by atoms with Gasteiger partial charge in [0.2, 0.25) is 5.91 Å². The summed E-state index contributed by atoms with van der Waals surface area (Å²) in [5, 5.41) is 7.70. The van der Waals surface area contributed by atoms with Gasteiger partial charge < -0.3 is 20.3 Å². The molecule has 3 N–H and O–H groups in total. The molecular weight excluding hydrogens is 336 g/mol. The number of amides is 4. The van der Waals surface area contributed by atoms with Crippen LogP contribution in [0, 0.1) is 0 Å². The van der Waals surface area contributed by atoms with Gasteiger partial charge in [0.25, 0.3) is 5.91 Å². The van der Waals surface area contributed by atoms with Crippen molar-refractivity contribution >= 4 is 23.5 Å². The van der Waals surface area contributed by atoms with Crippen LogP contribution < -0.4 is 25.6 Å². The number of urea groups is 1. The van der Waals surface area contributed by atoms with Crippen LogP contribution in [0.3, 0.4) is 0 Å². The molecule has 1 aliphatic heterocycles. The summed E-state index contributed by atoms with van der Waals surface area (Å²) in [6.07, 6.45) is 0.111. The van der Waals surface area contributed by atoms with E-state index in [0.717, 1.165) is 6.42 Å². The highest BCUT2D eigenvalue weighted by Gasteiger charge is 2.31. The predicted molar refractivity (Wildman–Crippen MR) is 98.2 cm³/mol. The summed E-state index contributed by atoms with van der Waals surface area (Å²) in [6, 6.07) is 6.60. The van der Waals surface area contributed by atoms with Crippen molar-refractivity contribution in [3.05, 3.63) is 24.3 Å². The van der Waals surface area contributed by atoms with E-state index in [-0.39, 0.29) is 25.0 Å². The second kappa shape index (κ2) is 9.07. The largest absolute Gasteiger partial charge is 0.477 e. The van der Waals surface area contributed by atoms with E-state index in [4.69, 9.17) is 4.74 Å². The molecule has 8 nitrogen and oxygen atoms in total. The van der Waals surface area contributed by atoms with Crippen molar-refractivity contribution in [1.29, 1.82) is 0 Å². The van der Waals surface area contributed by atoms with Gasteiger partial charge in [-0.1, -0.05) is 19.1 Å². The Hall–Kier alpha value is -2.77. The molecule has 1 aromatic carbocycles. The Kier molecular flexibility index (Phi) is 6.82. The van der Waals surface area contributed by atoms with Crippen LogP contribution >= 0.6 is 0 Å². The molecule has 2 rings (SSSR count). The number of imide groups is 1. The van der Waals surface area contributed by atoms with Gasteiger partial charge in [-0.2, -0.15) is 0 Å². The van der Waals surface area contributed by atoms with E-state index < -0.39 is 18.0 Å². The Morgan fingerprint density at radius 2 is 2.00 bits per heavy atom. The van der Waals surface area contributed by atoms with Crippen molar-refractivity contribution in [2.45, 2.75) is 39.3 Å². The Labute approximate surface area is 153 Å². The molecule has 8 heteroatoms. The third-order valence-corrected chi connectivity index (χ3v) is 3.71. The fourth-order valence-corrected chi connectivity index (χ4v) is 2.59. The van der Waals surface area contributed by atoms with Gasteiger partial charge in [0.1, 0.15) is 5.75 Å². The van der Waals surface area contributed by atoms with E-state index in [1.54, 1.807) is 17.0 Å². The zero-order valence-electron chi connectivity index (χ0n) is 15.4. The molecule has 0 spiro atoms. The number of hydrogen-bond acceptors (Lipinski definition) is 5. The number of carbonyl (C=O) groups excluding carboxylic acids is 3. The van der Waals surface area contributed by atoms with Crippen molar-refractivity contribution in [2.75, 3.05) is 24.5 Å². The summed E-state index contributed by atoms with van der Waals surface area (Å²) in [5.41, 5.74) is 0.714. The topological polar surface area (TPSA) is 99.8 Å². The first-order chi connectivity index (χ1) is 12.4. The number of fused-ring (bicyclic) bond motifs is 1. The lowest BCUT2D eigenvalue weighted by Crippen LogP contribution is -2.52. The maximum atomic E-state index is 12.3. The summed E-state index contributed by atoms with van der Waals surface area (Å²) in [5.74, 6) is -0.133. The molecule has 0 aliphatic carbocycles. The van der Waals surface area contributed by atoms with Crippen LogP contribution in [0.25, 0.3) is 0 Å². The Morgan fingerprint density at radius 1 is 1.27 bits per heavy atom. The van der Waals surface area contributed by atoms with Crippen LogP contribution in [-0.4, -0.2) is 49.6 Å². The standard InChI is InChI=1S/C18H26N4O4/c1-4-9-19-17(24)15-10-22(13-7-5-6-8-14(13)26-15)11-16(23)21-18(25)20-12(2)3/h5-8,12,15H,4,9-11H2,1-3H3,(H,19,24)(H2,20,21,23,25)/t15-/m1/s1. The zero-order chi connectivity index (χ0) is 19.1. The number of anilines is 1. The minimum absolute atomic E-state index is 0.0521. The monoisotopic (exact) mass is 362 g/mol. The molecule has 142 valence electrons. The van der Waals surface area contributed by atoms with Crippen molar-refractivity contribution in [3.8, 4) is 5.75 Å². The Morgan fingerprint density at radius 3 is 2.69 bits per heavy atom. The normalized spacial score (nSPS) is 15.7. The number of benzene rings is 1. The first-order valence-electron chi connectivity index (χ1n) is 8.79. The minimum Gasteiger partial charge on any atom is -0.477 e. The van der Waals surface area contributed by atoms with E-state index in [0.29, 0.717) is 18.0 Å². The summed E-state index contributed by atoms with van der Waals surface area (Å²) in [4.78, 5) is 37.9. The first kappa shape index (κ1) is 19.6. The molecule has 1 aromatic rings. The van der Waals surface area contributed by atoms with Gasteiger partial charge in [0.05, 0.1) is 18.8 Å². The molecule has 0 saturated carbocycles. The summed E-state index contributed by atoms with van der Waals surface area (Å²) >= 11 is 0. The third kappa shape index (κ3) is 5.37. The molecule has 0 aromatic heterocycles. The maximum Gasteiger partial charge on any atom is 0.321 e. The van der Waals surface area contributed by atoms with Crippen LogP contribution in [0.1, 0.15) is 27.2 Å². The van der Waals surface area contributed by atoms with E-state index in [9.17, 15) is 14.4 Å². The minimum atomic E-state index is -0.714. The van der Waals surface area contributed by atoms with Crippen LogP contribution in [0.5, 0.6) is 5.75 Å². The quantitative estimate of drug-likeness (QED) is 0.701. The van der Waals surface area contributed by atoms with Crippen LogP contribution in [0.15, 0.2) is 24.3 Å². The third-order valence-electron chi connectivity index (χ3n) is 3.71. The second-order valence-electron chi connectivity index (χ2n) is 6.42. The summed E-state index contributed by atoms with van der Waals surface area (Å²) in [6.45, 7) is 6.32. The second-order valence-corrected chi connectivity index (χ2v) is 6.42. The van der Waals surface area contributed by atoms with Gasteiger partial charge in [-0.15, -0.1) is 0 Å². The first-order valence-corrected chi connectivity index (χ1v) is 8.79. The highest BCUT2D eigenvalue weighted by molar-refractivity contribution is 5.97. The number of para-hydroxylation sites is 2. The number of nitrogens with zero attached hydrogens (tertiary/aromatic N) is 1. The fraction of sp³-hybridized carbons (Fsp3) is 0.500. The number of hydrogen-bond donors (Lipinski definition) is 3. The lowest BCUT2D eigenvalue weighted by Gasteiger charge is -2.35.